The van der Waals surface area contributed by atoms with Crippen molar-refractivity contribution in [1.29, 1.82) is 0 Å². The molecule has 16 heavy (non-hydrogen) atoms. The second kappa shape index (κ2) is 4.92. The van der Waals surface area contributed by atoms with E-state index < -0.39 is 6.10 Å². The number of hydrogen-bond donors (Lipinski definition) is 1. The molecule has 0 aromatic heterocycles. The molecule has 0 bridgehead atoms. The average molecular weight is 261 g/mol. The predicted molar refractivity (Wildman–Crippen MR) is 64.9 cm³/mol. The van der Waals surface area contributed by atoms with E-state index in [0.717, 1.165) is 12.8 Å². The maximum Gasteiger partial charge on any atom is 0.107 e. The normalized spacial score (nSPS) is 19.5. The van der Waals surface area contributed by atoms with E-state index in [-0.39, 0.29) is 6.10 Å². The van der Waals surface area contributed by atoms with Crippen molar-refractivity contribution in [3.8, 4) is 0 Å². The first-order chi connectivity index (χ1) is 7.63. The molecule has 1 N–H and O–H groups in total. The van der Waals surface area contributed by atoms with Crippen molar-refractivity contribution >= 4 is 23.2 Å². The maximum absolute atomic E-state index is 10.2. The Kier molecular flexibility index (Phi) is 3.75. The quantitative estimate of drug-likeness (QED) is 0.899. The molecule has 88 valence electrons. The van der Waals surface area contributed by atoms with E-state index in [1.165, 1.54) is 0 Å². The molecule has 0 aliphatic heterocycles. The van der Waals surface area contributed by atoms with Crippen LogP contribution in [0.25, 0.3) is 0 Å². The number of halogens is 2. The molecule has 2 nitrogen and oxygen atoms in total. The monoisotopic (exact) mass is 260 g/mol. The largest absolute Gasteiger partial charge is 0.386 e. The summed E-state index contributed by atoms with van der Waals surface area (Å²) in [7, 11) is 1.62. The van der Waals surface area contributed by atoms with Crippen LogP contribution in [-0.4, -0.2) is 18.3 Å². The van der Waals surface area contributed by atoms with E-state index in [0.29, 0.717) is 21.5 Å². The Labute approximate surface area is 105 Å². The fraction of sp³-hybridized carbons (Fsp3) is 0.500. The van der Waals surface area contributed by atoms with Crippen molar-refractivity contribution in [2.45, 2.75) is 25.0 Å². The van der Waals surface area contributed by atoms with E-state index in [9.17, 15) is 5.11 Å². The van der Waals surface area contributed by atoms with Gasteiger partial charge in [-0.3, -0.25) is 0 Å². The minimum absolute atomic E-state index is 0.184. The summed E-state index contributed by atoms with van der Waals surface area (Å²) in [4.78, 5) is 0. The zero-order chi connectivity index (χ0) is 11.7. The Hall–Kier alpha value is -0.280. The van der Waals surface area contributed by atoms with Gasteiger partial charge in [0.15, 0.2) is 0 Å². The topological polar surface area (TPSA) is 29.5 Å². The summed E-state index contributed by atoms with van der Waals surface area (Å²) >= 11 is 11.9. The van der Waals surface area contributed by atoms with Gasteiger partial charge in [0.1, 0.15) is 6.10 Å². The van der Waals surface area contributed by atoms with Gasteiger partial charge in [0.25, 0.3) is 0 Å². The third-order valence-corrected chi connectivity index (χ3v) is 3.53. The molecule has 0 heterocycles. The fourth-order valence-corrected chi connectivity index (χ4v) is 2.33. The van der Waals surface area contributed by atoms with E-state index in [4.69, 9.17) is 27.9 Å². The van der Waals surface area contributed by atoms with Gasteiger partial charge in [-0.05, 0) is 37.0 Å². The molecule has 1 saturated carbocycles. The summed E-state index contributed by atoms with van der Waals surface area (Å²) in [5.41, 5.74) is 0.646. The number of methoxy groups -OCH3 is 1. The Balaban J connectivity index is 2.24. The summed E-state index contributed by atoms with van der Waals surface area (Å²) in [6.45, 7) is 0. The number of aliphatic hydroxyl groups is 1. The Bertz CT molecular complexity index is 377. The van der Waals surface area contributed by atoms with Gasteiger partial charge in [-0.25, -0.2) is 0 Å². The van der Waals surface area contributed by atoms with Crippen LogP contribution in [0, 0.1) is 5.92 Å². The highest BCUT2D eigenvalue weighted by Gasteiger charge is 2.37. The second-order valence-electron chi connectivity index (χ2n) is 4.15. The lowest BCUT2D eigenvalue weighted by Gasteiger charge is -2.22. The van der Waals surface area contributed by atoms with Crippen LogP contribution in [0.4, 0.5) is 0 Å². The summed E-state index contributed by atoms with van der Waals surface area (Å²) in [6.07, 6.45) is 1.32. The smallest absolute Gasteiger partial charge is 0.107 e. The molecule has 2 rings (SSSR count). The predicted octanol–water partition coefficient (Wildman–Crippen LogP) is 3.45. The van der Waals surface area contributed by atoms with Crippen molar-refractivity contribution in [3.63, 3.8) is 0 Å². The third-order valence-electron chi connectivity index (χ3n) is 2.95. The lowest BCUT2D eigenvalue weighted by molar-refractivity contribution is -0.0258. The number of rotatable bonds is 4. The highest BCUT2D eigenvalue weighted by atomic mass is 35.5. The third kappa shape index (κ3) is 2.51. The summed E-state index contributed by atoms with van der Waals surface area (Å²) in [5.74, 6) is 0.440. The summed E-state index contributed by atoms with van der Waals surface area (Å²) in [6, 6.07) is 5.10. The van der Waals surface area contributed by atoms with Crippen LogP contribution in [0.2, 0.25) is 10.0 Å². The van der Waals surface area contributed by atoms with Crippen LogP contribution < -0.4 is 0 Å². The van der Waals surface area contributed by atoms with Gasteiger partial charge >= 0.3 is 0 Å². The first-order valence-corrected chi connectivity index (χ1v) is 6.05. The van der Waals surface area contributed by atoms with Crippen LogP contribution in [0.15, 0.2) is 18.2 Å². The Morgan fingerprint density at radius 1 is 1.38 bits per heavy atom. The number of ether oxygens (including phenoxy) is 1. The molecule has 2 atom stereocenters. The highest BCUT2D eigenvalue weighted by molar-refractivity contribution is 6.33. The lowest BCUT2D eigenvalue weighted by atomic mass is 10.0. The van der Waals surface area contributed by atoms with E-state index in [1.54, 1.807) is 25.3 Å². The molecule has 0 amide bonds. The molecule has 1 aromatic carbocycles. The van der Waals surface area contributed by atoms with Crippen molar-refractivity contribution < 1.29 is 9.84 Å². The van der Waals surface area contributed by atoms with Crippen molar-refractivity contribution in [3.05, 3.63) is 33.8 Å². The van der Waals surface area contributed by atoms with Gasteiger partial charge in [-0.1, -0.05) is 23.2 Å². The standard InChI is InChI=1S/C12H14Cl2O2/c1-16-12(7-2-3-7)11(15)9-6-8(13)4-5-10(9)14/h4-7,11-12,15H,2-3H2,1H3. The van der Waals surface area contributed by atoms with E-state index in [2.05, 4.69) is 0 Å². The molecule has 0 spiro atoms. The molecular formula is C12H14Cl2O2. The lowest BCUT2D eigenvalue weighted by Crippen LogP contribution is -2.23. The van der Waals surface area contributed by atoms with Gasteiger partial charge in [0, 0.05) is 22.7 Å². The Morgan fingerprint density at radius 2 is 2.06 bits per heavy atom. The summed E-state index contributed by atoms with van der Waals surface area (Å²) in [5, 5.41) is 11.3. The number of hydrogen-bond acceptors (Lipinski definition) is 2. The first-order valence-electron chi connectivity index (χ1n) is 5.29. The maximum atomic E-state index is 10.2. The van der Waals surface area contributed by atoms with E-state index >= 15 is 0 Å². The molecule has 0 radical (unpaired) electrons. The summed E-state index contributed by atoms with van der Waals surface area (Å²) < 4.78 is 5.33. The second-order valence-corrected chi connectivity index (χ2v) is 4.99. The first kappa shape index (κ1) is 12.2. The van der Waals surface area contributed by atoms with Gasteiger partial charge in [0.05, 0.1) is 6.10 Å². The van der Waals surface area contributed by atoms with E-state index in [1.807, 2.05) is 0 Å². The van der Waals surface area contributed by atoms with Crippen molar-refractivity contribution in [2.75, 3.05) is 7.11 Å². The molecule has 1 aliphatic rings. The average Bonchev–Trinajstić information content (AvgIpc) is 3.07. The SMILES string of the molecule is COC(C1CC1)C(O)c1cc(Cl)ccc1Cl. The van der Waals surface area contributed by atoms with Crippen LogP contribution >= 0.6 is 23.2 Å². The van der Waals surface area contributed by atoms with Crippen LogP contribution in [0.5, 0.6) is 0 Å². The Morgan fingerprint density at radius 3 is 2.62 bits per heavy atom. The minimum atomic E-state index is -0.705. The molecule has 1 fully saturated rings. The fourth-order valence-electron chi connectivity index (χ4n) is 1.92. The van der Waals surface area contributed by atoms with Crippen LogP contribution in [-0.2, 0) is 4.74 Å². The van der Waals surface area contributed by atoms with Crippen LogP contribution in [0.3, 0.4) is 0 Å². The zero-order valence-corrected chi connectivity index (χ0v) is 10.5. The molecule has 0 saturated heterocycles. The molecule has 4 heteroatoms. The highest BCUT2D eigenvalue weighted by Crippen LogP contribution is 2.41. The van der Waals surface area contributed by atoms with Crippen LogP contribution in [0.1, 0.15) is 24.5 Å². The molecule has 1 aromatic rings. The zero-order valence-electron chi connectivity index (χ0n) is 8.99. The minimum Gasteiger partial charge on any atom is -0.386 e. The van der Waals surface area contributed by atoms with Gasteiger partial charge in [0.2, 0.25) is 0 Å². The van der Waals surface area contributed by atoms with Gasteiger partial charge < -0.3 is 9.84 Å². The van der Waals surface area contributed by atoms with Crippen molar-refractivity contribution in [2.24, 2.45) is 5.92 Å². The number of aliphatic hydroxyl groups excluding tert-OH is 1. The van der Waals surface area contributed by atoms with Gasteiger partial charge in [-0.15, -0.1) is 0 Å². The molecule has 1 aliphatic carbocycles. The molecular weight excluding hydrogens is 247 g/mol. The van der Waals surface area contributed by atoms with Gasteiger partial charge in [-0.2, -0.15) is 0 Å². The molecule has 2 unspecified atom stereocenters. The number of benzene rings is 1. The van der Waals surface area contributed by atoms with Crippen molar-refractivity contribution in [1.82, 2.24) is 0 Å².